The number of carboxylic acid groups (broad SMARTS) is 1. The Morgan fingerprint density at radius 3 is 2.56 bits per heavy atom. The zero-order valence-corrected chi connectivity index (χ0v) is 17.2. The molecule has 2 heterocycles. The predicted molar refractivity (Wildman–Crippen MR) is 106 cm³/mol. The molecule has 2 aliphatic rings. The highest BCUT2D eigenvalue weighted by atomic mass is 79.9. The van der Waals surface area contributed by atoms with Gasteiger partial charge in [0.15, 0.2) is 0 Å². The number of halogens is 1. The fourth-order valence-electron chi connectivity index (χ4n) is 4.34. The second-order valence-corrected chi connectivity index (χ2v) is 8.54. The summed E-state index contributed by atoms with van der Waals surface area (Å²) in [4.78, 5) is 28.3. The van der Waals surface area contributed by atoms with Crippen molar-refractivity contribution < 1.29 is 19.8 Å². The number of aliphatic carboxylic acids is 1. The van der Waals surface area contributed by atoms with Gasteiger partial charge >= 0.3 is 5.97 Å². The lowest BCUT2D eigenvalue weighted by Crippen LogP contribution is -2.50. The number of carbonyl (C=O) groups is 2. The summed E-state index contributed by atoms with van der Waals surface area (Å²) in [6.45, 7) is 4.17. The van der Waals surface area contributed by atoms with Crippen LogP contribution >= 0.6 is 15.9 Å². The first-order valence-electron chi connectivity index (χ1n) is 9.61. The first kappa shape index (κ1) is 20.1. The van der Waals surface area contributed by atoms with Crippen molar-refractivity contribution in [2.24, 2.45) is 5.92 Å². The van der Waals surface area contributed by atoms with E-state index in [1.807, 2.05) is 24.0 Å². The van der Waals surface area contributed by atoms with E-state index in [1.54, 1.807) is 6.07 Å². The number of hydrogen-bond donors (Lipinski definition) is 2. The number of benzene rings is 1. The maximum absolute atomic E-state index is 12.8. The van der Waals surface area contributed by atoms with E-state index in [0.717, 1.165) is 37.8 Å². The Morgan fingerprint density at radius 2 is 1.93 bits per heavy atom. The summed E-state index contributed by atoms with van der Waals surface area (Å²) < 4.78 is 0.638. The van der Waals surface area contributed by atoms with Crippen LogP contribution in [0.5, 0.6) is 5.75 Å². The average molecular weight is 439 g/mol. The number of nitrogens with zero attached hydrogens (tertiary/aromatic N) is 2. The number of rotatable bonds is 5. The first-order valence-corrected chi connectivity index (χ1v) is 10.4. The molecular weight excluding hydrogens is 412 g/mol. The Hall–Kier alpha value is -1.60. The molecule has 2 saturated heterocycles. The van der Waals surface area contributed by atoms with E-state index >= 15 is 0 Å². The molecule has 0 spiro atoms. The number of aromatic hydroxyl groups is 1. The van der Waals surface area contributed by atoms with E-state index in [-0.39, 0.29) is 29.7 Å². The first-order chi connectivity index (χ1) is 12.9. The summed E-state index contributed by atoms with van der Waals surface area (Å²) >= 11 is 3.31. The van der Waals surface area contributed by atoms with Gasteiger partial charge in [-0.15, -0.1) is 0 Å². The molecule has 6 nitrogen and oxygen atoms in total. The van der Waals surface area contributed by atoms with E-state index < -0.39 is 5.97 Å². The number of carboxylic acids is 1. The van der Waals surface area contributed by atoms with Crippen molar-refractivity contribution in [3.05, 3.63) is 28.2 Å². The minimum absolute atomic E-state index is 0.128. The van der Waals surface area contributed by atoms with Gasteiger partial charge in [0.1, 0.15) is 11.8 Å². The molecule has 148 valence electrons. The van der Waals surface area contributed by atoms with Crippen LogP contribution in [0.25, 0.3) is 0 Å². The second-order valence-electron chi connectivity index (χ2n) is 7.68. The van der Waals surface area contributed by atoms with Gasteiger partial charge in [0.2, 0.25) is 5.91 Å². The van der Waals surface area contributed by atoms with Gasteiger partial charge in [-0.3, -0.25) is 14.5 Å². The van der Waals surface area contributed by atoms with Crippen LogP contribution in [0.4, 0.5) is 0 Å². The van der Waals surface area contributed by atoms with Crippen molar-refractivity contribution in [1.29, 1.82) is 0 Å². The van der Waals surface area contributed by atoms with E-state index in [9.17, 15) is 19.8 Å². The van der Waals surface area contributed by atoms with Crippen molar-refractivity contribution in [3.63, 3.8) is 0 Å². The number of phenolic OH excluding ortho intramolecular Hbond substituents is 1. The predicted octanol–water partition coefficient (Wildman–Crippen LogP) is 2.87. The molecule has 0 unspecified atom stereocenters. The standard InChI is InChI=1S/C20H27BrN2O4/c1-13(11-14-4-5-18(24)16(21)12-14)19(25)22-9-6-15(7-10-22)23-8-2-3-17(23)20(26)27/h4-5,12-13,15,17,24H,2-3,6-11H2,1H3,(H,26,27)/t13-,17+/m1/s1. The number of likely N-dealkylation sites (tertiary alicyclic amines) is 2. The molecule has 1 aromatic carbocycles. The Kier molecular flexibility index (Phi) is 6.42. The lowest BCUT2D eigenvalue weighted by Gasteiger charge is -2.39. The SMILES string of the molecule is C[C@H](Cc1ccc(O)c(Br)c1)C(=O)N1CCC(N2CCC[C@H]2C(=O)O)CC1. The topological polar surface area (TPSA) is 81.1 Å². The van der Waals surface area contributed by atoms with Crippen LogP contribution in [0.1, 0.15) is 38.2 Å². The van der Waals surface area contributed by atoms with Crippen LogP contribution < -0.4 is 0 Å². The molecule has 7 heteroatoms. The molecule has 0 aromatic heterocycles. The molecule has 27 heavy (non-hydrogen) atoms. The average Bonchev–Trinajstić information content (AvgIpc) is 3.14. The Labute approximate surface area is 168 Å². The fourth-order valence-corrected chi connectivity index (χ4v) is 4.77. The molecule has 2 fully saturated rings. The maximum Gasteiger partial charge on any atom is 0.320 e. The molecule has 0 radical (unpaired) electrons. The normalized spacial score (nSPS) is 22.7. The fraction of sp³-hybridized carbons (Fsp3) is 0.600. The van der Waals surface area contributed by atoms with E-state index in [2.05, 4.69) is 20.8 Å². The summed E-state index contributed by atoms with van der Waals surface area (Å²) in [5.74, 6) is -0.508. The highest BCUT2D eigenvalue weighted by Crippen LogP contribution is 2.28. The van der Waals surface area contributed by atoms with Gasteiger partial charge in [0, 0.05) is 25.0 Å². The molecule has 1 aromatic rings. The van der Waals surface area contributed by atoms with Crippen molar-refractivity contribution in [2.45, 2.75) is 51.1 Å². The van der Waals surface area contributed by atoms with Gasteiger partial charge < -0.3 is 15.1 Å². The second kappa shape index (κ2) is 8.61. The summed E-state index contributed by atoms with van der Waals surface area (Å²) in [6.07, 6.45) is 3.98. The van der Waals surface area contributed by atoms with Crippen LogP contribution in [0.15, 0.2) is 22.7 Å². The highest BCUT2D eigenvalue weighted by Gasteiger charge is 2.37. The van der Waals surface area contributed by atoms with Crippen molar-refractivity contribution in [3.8, 4) is 5.75 Å². The minimum Gasteiger partial charge on any atom is -0.507 e. The Bertz CT molecular complexity index is 703. The number of carbonyl (C=O) groups excluding carboxylic acids is 1. The third-order valence-corrected chi connectivity index (χ3v) is 6.44. The van der Waals surface area contributed by atoms with Crippen LogP contribution in [0, 0.1) is 5.92 Å². The molecule has 3 rings (SSSR count). The molecule has 2 N–H and O–H groups in total. The molecule has 2 aliphatic heterocycles. The van der Waals surface area contributed by atoms with Gasteiger partial charge in [0.05, 0.1) is 4.47 Å². The number of hydrogen-bond acceptors (Lipinski definition) is 4. The van der Waals surface area contributed by atoms with Crippen LogP contribution in [0.2, 0.25) is 0 Å². The number of phenols is 1. The van der Waals surface area contributed by atoms with Gasteiger partial charge in [-0.25, -0.2) is 0 Å². The lowest BCUT2D eigenvalue weighted by atomic mass is 9.97. The Balaban J connectivity index is 1.53. The van der Waals surface area contributed by atoms with Crippen molar-refractivity contribution >= 4 is 27.8 Å². The summed E-state index contributed by atoms with van der Waals surface area (Å²) in [5.41, 5.74) is 1.01. The van der Waals surface area contributed by atoms with Crippen LogP contribution in [-0.4, -0.2) is 63.6 Å². The van der Waals surface area contributed by atoms with E-state index in [4.69, 9.17) is 0 Å². The maximum atomic E-state index is 12.8. The zero-order valence-electron chi connectivity index (χ0n) is 15.6. The largest absolute Gasteiger partial charge is 0.507 e. The number of piperidine rings is 1. The molecule has 2 atom stereocenters. The van der Waals surface area contributed by atoms with Crippen molar-refractivity contribution in [1.82, 2.24) is 9.80 Å². The minimum atomic E-state index is -0.723. The third-order valence-electron chi connectivity index (χ3n) is 5.80. The van der Waals surface area contributed by atoms with E-state index in [0.29, 0.717) is 24.0 Å². The molecule has 0 saturated carbocycles. The van der Waals surface area contributed by atoms with E-state index in [1.165, 1.54) is 0 Å². The molecule has 0 aliphatic carbocycles. The number of amides is 1. The highest BCUT2D eigenvalue weighted by molar-refractivity contribution is 9.10. The molecule has 0 bridgehead atoms. The van der Waals surface area contributed by atoms with Crippen molar-refractivity contribution in [2.75, 3.05) is 19.6 Å². The summed E-state index contributed by atoms with van der Waals surface area (Å²) in [7, 11) is 0. The monoisotopic (exact) mass is 438 g/mol. The van der Waals surface area contributed by atoms with Gasteiger partial charge in [-0.05, 0) is 72.3 Å². The smallest absolute Gasteiger partial charge is 0.320 e. The van der Waals surface area contributed by atoms with Crippen LogP contribution in [0.3, 0.4) is 0 Å². The molecule has 1 amide bonds. The van der Waals surface area contributed by atoms with Gasteiger partial charge in [-0.2, -0.15) is 0 Å². The summed E-state index contributed by atoms with van der Waals surface area (Å²) in [6, 6.07) is 5.24. The lowest BCUT2D eigenvalue weighted by molar-refractivity contribution is -0.144. The molecular formula is C20H27BrN2O4. The quantitative estimate of drug-likeness (QED) is 0.738. The van der Waals surface area contributed by atoms with Gasteiger partial charge in [-0.1, -0.05) is 13.0 Å². The Morgan fingerprint density at radius 1 is 1.22 bits per heavy atom. The zero-order chi connectivity index (χ0) is 19.6. The summed E-state index contributed by atoms with van der Waals surface area (Å²) in [5, 5.41) is 19.0. The van der Waals surface area contributed by atoms with Gasteiger partial charge in [0.25, 0.3) is 0 Å². The van der Waals surface area contributed by atoms with Crippen LogP contribution in [-0.2, 0) is 16.0 Å². The third kappa shape index (κ3) is 4.63.